The third-order valence-electron chi connectivity index (χ3n) is 2.77. The highest BCUT2D eigenvalue weighted by molar-refractivity contribution is 5.44. The summed E-state index contributed by atoms with van der Waals surface area (Å²) in [5.74, 6) is 0.329. The Morgan fingerprint density at radius 3 is 2.76 bits per heavy atom. The normalized spacial score (nSPS) is 12.4. The van der Waals surface area contributed by atoms with Gasteiger partial charge < -0.3 is 10.4 Å². The van der Waals surface area contributed by atoms with Crippen molar-refractivity contribution >= 4 is 5.69 Å². The number of nitrogens with one attached hydrogen (secondary N) is 1. The van der Waals surface area contributed by atoms with Gasteiger partial charge in [0.1, 0.15) is 5.75 Å². The molecule has 90 valence electrons. The van der Waals surface area contributed by atoms with E-state index in [2.05, 4.69) is 17.3 Å². The minimum atomic E-state index is 0.0976. The van der Waals surface area contributed by atoms with Crippen LogP contribution in [-0.4, -0.2) is 14.9 Å². The Morgan fingerprint density at radius 1 is 1.41 bits per heavy atom. The van der Waals surface area contributed by atoms with Crippen LogP contribution >= 0.6 is 0 Å². The third-order valence-corrected chi connectivity index (χ3v) is 2.77. The highest BCUT2D eigenvalue weighted by Crippen LogP contribution is 2.28. The summed E-state index contributed by atoms with van der Waals surface area (Å²) in [6, 6.07) is 7.51. The molecule has 1 aromatic heterocycles. The fraction of sp³-hybridized carbons (Fsp3) is 0.308. The second-order valence-corrected chi connectivity index (χ2v) is 4.07. The van der Waals surface area contributed by atoms with Gasteiger partial charge >= 0.3 is 0 Å². The van der Waals surface area contributed by atoms with E-state index in [1.165, 1.54) is 0 Å². The maximum absolute atomic E-state index is 9.83. The lowest BCUT2D eigenvalue weighted by molar-refractivity contribution is 0.463. The van der Waals surface area contributed by atoms with E-state index in [9.17, 15) is 5.11 Å². The van der Waals surface area contributed by atoms with Crippen molar-refractivity contribution in [2.75, 3.05) is 5.32 Å². The molecule has 0 saturated carbocycles. The molecule has 1 aromatic carbocycles. The molecule has 0 saturated heterocycles. The van der Waals surface area contributed by atoms with Crippen LogP contribution in [0.25, 0.3) is 0 Å². The highest BCUT2D eigenvalue weighted by atomic mass is 16.3. The van der Waals surface area contributed by atoms with Crippen LogP contribution in [-0.2, 0) is 7.05 Å². The Bertz CT molecular complexity index is 493. The van der Waals surface area contributed by atoms with Crippen LogP contribution < -0.4 is 5.32 Å². The molecule has 0 bridgehead atoms. The molecule has 2 rings (SSSR count). The molecule has 0 aliphatic carbocycles. The van der Waals surface area contributed by atoms with E-state index in [-0.39, 0.29) is 6.04 Å². The molecule has 17 heavy (non-hydrogen) atoms. The number of rotatable bonds is 4. The number of aromatic hydroxyl groups is 1. The summed E-state index contributed by atoms with van der Waals surface area (Å²) in [5, 5.41) is 17.3. The zero-order chi connectivity index (χ0) is 12.3. The predicted molar refractivity (Wildman–Crippen MR) is 68.0 cm³/mol. The first kappa shape index (κ1) is 11.5. The fourth-order valence-corrected chi connectivity index (χ4v) is 1.88. The summed E-state index contributed by atoms with van der Waals surface area (Å²) in [5.41, 5.74) is 1.88. The Kier molecular flexibility index (Phi) is 3.32. The first-order valence-corrected chi connectivity index (χ1v) is 5.73. The number of para-hydroxylation sites is 1. The molecule has 1 atom stereocenters. The van der Waals surface area contributed by atoms with Crippen LogP contribution in [0.2, 0.25) is 0 Å². The molecule has 4 nitrogen and oxygen atoms in total. The number of anilines is 1. The minimum absolute atomic E-state index is 0.0976. The predicted octanol–water partition coefficient (Wildman–Crippen LogP) is 2.69. The van der Waals surface area contributed by atoms with Crippen LogP contribution in [0.3, 0.4) is 0 Å². The molecule has 2 N–H and O–H groups in total. The first-order valence-electron chi connectivity index (χ1n) is 5.73. The number of hydrogen-bond donors (Lipinski definition) is 2. The van der Waals surface area contributed by atoms with Gasteiger partial charge in [-0.1, -0.05) is 25.1 Å². The number of nitrogens with zero attached hydrogens (tertiary/aromatic N) is 2. The van der Waals surface area contributed by atoms with Crippen LogP contribution in [0.1, 0.15) is 24.9 Å². The maximum atomic E-state index is 9.83. The second kappa shape index (κ2) is 4.91. The van der Waals surface area contributed by atoms with E-state index in [0.717, 1.165) is 17.7 Å². The molecule has 0 amide bonds. The van der Waals surface area contributed by atoms with Gasteiger partial charge in [0, 0.05) is 18.8 Å². The molecule has 4 heteroatoms. The molecule has 0 fully saturated rings. The number of aromatic nitrogens is 2. The second-order valence-electron chi connectivity index (χ2n) is 4.07. The van der Waals surface area contributed by atoms with Crippen LogP contribution in [0, 0.1) is 0 Å². The zero-order valence-electron chi connectivity index (χ0n) is 10.1. The van der Waals surface area contributed by atoms with Gasteiger partial charge in [-0.2, -0.15) is 5.10 Å². The SMILES string of the molecule is CCC(Nc1cnn(C)c1)c1ccccc1O. The van der Waals surface area contributed by atoms with Gasteiger partial charge in [-0.15, -0.1) is 0 Å². The van der Waals surface area contributed by atoms with Crippen molar-refractivity contribution in [2.24, 2.45) is 7.05 Å². The monoisotopic (exact) mass is 231 g/mol. The van der Waals surface area contributed by atoms with Gasteiger partial charge in [0.2, 0.25) is 0 Å². The lowest BCUT2D eigenvalue weighted by atomic mass is 10.0. The summed E-state index contributed by atoms with van der Waals surface area (Å²) in [6.07, 6.45) is 4.60. The topological polar surface area (TPSA) is 50.1 Å². The van der Waals surface area contributed by atoms with Crippen molar-refractivity contribution in [1.29, 1.82) is 0 Å². The van der Waals surface area contributed by atoms with Crippen molar-refractivity contribution in [3.05, 3.63) is 42.2 Å². The number of hydrogen-bond acceptors (Lipinski definition) is 3. The molecular formula is C13H17N3O. The van der Waals surface area contributed by atoms with E-state index in [4.69, 9.17) is 0 Å². The van der Waals surface area contributed by atoms with Gasteiger partial charge in [0.05, 0.1) is 17.9 Å². The molecule has 0 radical (unpaired) electrons. The number of phenolic OH excluding ortho intramolecular Hbond substituents is 1. The largest absolute Gasteiger partial charge is 0.508 e. The molecule has 0 aliphatic heterocycles. The Labute approximate surface area is 101 Å². The summed E-state index contributed by atoms with van der Waals surface area (Å²) in [4.78, 5) is 0. The summed E-state index contributed by atoms with van der Waals surface area (Å²) in [6.45, 7) is 2.08. The summed E-state index contributed by atoms with van der Waals surface area (Å²) in [7, 11) is 1.88. The van der Waals surface area contributed by atoms with Crippen molar-refractivity contribution in [3.8, 4) is 5.75 Å². The average molecular weight is 231 g/mol. The van der Waals surface area contributed by atoms with E-state index >= 15 is 0 Å². The molecule has 0 aliphatic rings. The Hall–Kier alpha value is -1.97. The van der Waals surface area contributed by atoms with Crippen molar-refractivity contribution < 1.29 is 5.11 Å². The molecular weight excluding hydrogens is 214 g/mol. The van der Waals surface area contributed by atoms with Gasteiger partial charge in [-0.3, -0.25) is 4.68 Å². The standard InChI is InChI=1S/C13H17N3O/c1-3-12(11-6-4-5-7-13(11)17)15-10-8-14-16(2)9-10/h4-9,12,15,17H,3H2,1-2H3. The summed E-state index contributed by atoms with van der Waals surface area (Å²) >= 11 is 0. The minimum Gasteiger partial charge on any atom is -0.508 e. The lowest BCUT2D eigenvalue weighted by Crippen LogP contribution is -2.09. The molecule has 1 unspecified atom stereocenters. The number of benzene rings is 1. The Morgan fingerprint density at radius 2 is 2.18 bits per heavy atom. The smallest absolute Gasteiger partial charge is 0.120 e. The molecule has 2 aromatic rings. The van der Waals surface area contributed by atoms with Crippen LogP contribution in [0.15, 0.2) is 36.7 Å². The van der Waals surface area contributed by atoms with Crippen molar-refractivity contribution in [1.82, 2.24) is 9.78 Å². The summed E-state index contributed by atoms with van der Waals surface area (Å²) < 4.78 is 1.75. The van der Waals surface area contributed by atoms with Crippen LogP contribution in [0.4, 0.5) is 5.69 Å². The lowest BCUT2D eigenvalue weighted by Gasteiger charge is -2.18. The maximum Gasteiger partial charge on any atom is 0.120 e. The third kappa shape index (κ3) is 2.58. The van der Waals surface area contributed by atoms with Gasteiger partial charge in [-0.05, 0) is 12.5 Å². The highest BCUT2D eigenvalue weighted by Gasteiger charge is 2.13. The number of phenols is 1. The quantitative estimate of drug-likeness (QED) is 0.850. The first-order chi connectivity index (χ1) is 8.20. The van der Waals surface area contributed by atoms with Gasteiger partial charge in [0.15, 0.2) is 0 Å². The Balaban J connectivity index is 2.20. The van der Waals surface area contributed by atoms with Crippen LogP contribution in [0.5, 0.6) is 5.75 Å². The van der Waals surface area contributed by atoms with Crippen molar-refractivity contribution in [3.63, 3.8) is 0 Å². The van der Waals surface area contributed by atoms with Crippen molar-refractivity contribution in [2.45, 2.75) is 19.4 Å². The van der Waals surface area contributed by atoms with Gasteiger partial charge in [0.25, 0.3) is 0 Å². The molecule has 0 spiro atoms. The fourth-order valence-electron chi connectivity index (χ4n) is 1.88. The van der Waals surface area contributed by atoms with E-state index in [1.54, 1.807) is 16.9 Å². The van der Waals surface area contributed by atoms with Gasteiger partial charge in [-0.25, -0.2) is 0 Å². The van der Waals surface area contributed by atoms with E-state index < -0.39 is 0 Å². The average Bonchev–Trinajstić information content (AvgIpc) is 2.73. The van der Waals surface area contributed by atoms with E-state index in [0.29, 0.717) is 5.75 Å². The zero-order valence-corrected chi connectivity index (χ0v) is 10.1. The number of aryl methyl sites for hydroxylation is 1. The van der Waals surface area contributed by atoms with E-state index in [1.807, 2.05) is 31.4 Å². The molecule has 1 heterocycles.